The Hall–Kier alpha value is -1.55. The number of nitrogens with one attached hydrogen (secondary N) is 1. The SMILES string of the molecule is CCCN(c1nc2ccccn2c1CNC)C(C)C. The molecule has 0 bridgehead atoms. The van der Waals surface area contributed by atoms with Gasteiger partial charge in [0, 0.05) is 25.3 Å². The molecule has 4 nitrogen and oxygen atoms in total. The van der Waals surface area contributed by atoms with Crippen LogP contribution in [0.15, 0.2) is 24.4 Å². The molecule has 0 amide bonds. The average molecular weight is 260 g/mol. The van der Waals surface area contributed by atoms with E-state index < -0.39 is 0 Å². The maximum atomic E-state index is 4.82. The topological polar surface area (TPSA) is 32.6 Å². The fourth-order valence-electron chi connectivity index (χ4n) is 2.45. The second-order valence-corrected chi connectivity index (χ2v) is 5.13. The van der Waals surface area contributed by atoms with Crippen molar-refractivity contribution in [2.45, 2.75) is 39.8 Å². The van der Waals surface area contributed by atoms with Crippen molar-refractivity contribution in [1.29, 1.82) is 0 Å². The van der Waals surface area contributed by atoms with Crippen molar-refractivity contribution in [1.82, 2.24) is 14.7 Å². The fourth-order valence-corrected chi connectivity index (χ4v) is 2.45. The summed E-state index contributed by atoms with van der Waals surface area (Å²) in [7, 11) is 1.98. The van der Waals surface area contributed by atoms with Crippen molar-refractivity contribution in [3.63, 3.8) is 0 Å². The van der Waals surface area contributed by atoms with Gasteiger partial charge in [0.25, 0.3) is 0 Å². The molecule has 2 aromatic rings. The molecule has 2 heterocycles. The minimum absolute atomic E-state index is 0.459. The largest absolute Gasteiger partial charge is 0.353 e. The van der Waals surface area contributed by atoms with Crippen LogP contribution in [-0.2, 0) is 6.54 Å². The number of anilines is 1. The van der Waals surface area contributed by atoms with Crippen LogP contribution in [0.1, 0.15) is 32.9 Å². The van der Waals surface area contributed by atoms with E-state index in [0.29, 0.717) is 6.04 Å². The molecule has 0 radical (unpaired) electrons. The van der Waals surface area contributed by atoms with Gasteiger partial charge >= 0.3 is 0 Å². The zero-order valence-electron chi connectivity index (χ0n) is 12.3. The molecule has 0 aliphatic carbocycles. The highest BCUT2D eigenvalue weighted by atomic mass is 15.2. The first kappa shape index (κ1) is 13.9. The lowest BCUT2D eigenvalue weighted by atomic mass is 10.2. The zero-order valence-corrected chi connectivity index (χ0v) is 12.3. The molecular formula is C15H24N4. The lowest BCUT2D eigenvalue weighted by molar-refractivity contribution is 0.655. The summed E-state index contributed by atoms with van der Waals surface area (Å²) in [5, 5.41) is 3.25. The van der Waals surface area contributed by atoms with Crippen molar-refractivity contribution in [3.05, 3.63) is 30.1 Å². The number of fused-ring (bicyclic) bond motifs is 1. The van der Waals surface area contributed by atoms with Crippen molar-refractivity contribution in [2.75, 3.05) is 18.5 Å². The minimum Gasteiger partial charge on any atom is -0.353 e. The van der Waals surface area contributed by atoms with Crippen molar-refractivity contribution >= 4 is 11.5 Å². The Morgan fingerprint density at radius 1 is 1.37 bits per heavy atom. The van der Waals surface area contributed by atoms with E-state index in [1.807, 2.05) is 13.1 Å². The van der Waals surface area contributed by atoms with Gasteiger partial charge in [-0.2, -0.15) is 0 Å². The van der Waals surface area contributed by atoms with Gasteiger partial charge in [-0.25, -0.2) is 4.98 Å². The molecule has 1 N–H and O–H groups in total. The fraction of sp³-hybridized carbons (Fsp3) is 0.533. The van der Waals surface area contributed by atoms with Gasteiger partial charge in [-0.15, -0.1) is 0 Å². The average Bonchev–Trinajstić information content (AvgIpc) is 2.75. The third-order valence-electron chi connectivity index (χ3n) is 3.31. The van der Waals surface area contributed by atoms with E-state index in [2.05, 4.69) is 53.7 Å². The first-order valence-electron chi connectivity index (χ1n) is 7.06. The predicted molar refractivity (Wildman–Crippen MR) is 80.7 cm³/mol. The summed E-state index contributed by atoms with van der Waals surface area (Å²) in [6.07, 6.45) is 3.22. The molecular weight excluding hydrogens is 236 g/mol. The van der Waals surface area contributed by atoms with Gasteiger partial charge in [0.05, 0.1) is 5.69 Å². The van der Waals surface area contributed by atoms with Crippen LogP contribution in [0.2, 0.25) is 0 Å². The molecule has 0 saturated heterocycles. The molecule has 0 unspecified atom stereocenters. The van der Waals surface area contributed by atoms with Gasteiger partial charge in [-0.3, -0.25) is 0 Å². The first-order chi connectivity index (χ1) is 9.19. The Kier molecular flexibility index (Phi) is 4.43. The number of rotatable bonds is 6. The maximum absolute atomic E-state index is 4.82. The highest BCUT2D eigenvalue weighted by molar-refractivity contribution is 5.56. The van der Waals surface area contributed by atoms with E-state index >= 15 is 0 Å². The van der Waals surface area contributed by atoms with Crippen LogP contribution in [-0.4, -0.2) is 29.0 Å². The Balaban J connectivity index is 2.53. The zero-order chi connectivity index (χ0) is 13.8. The van der Waals surface area contributed by atoms with Gasteiger partial charge < -0.3 is 14.6 Å². The van der Waals surface area contributed by atoms with Crippen LogP contribution in [0.3, 0.4) is 0 Å². The van der Waals surface area contributed by atoms with E-state index in [1.165, 1.54) is 5.69 Å². The van der Waals surface area contributed by atoms with Crippen molar-refractivity contribution in [2.24, 2.45) is 0 Å². The molecule has 0 aromatic carbocycles. The summed E-state index contributed by atoms with van der Waals surface area (Å²) in [6.45, 7) is 8.53. The number of nitrogens with zero attached hydrogens (tertiary/aromatic N) is 3. The molecule has 104 valence electrons. The number of pyridine rings is 1. The van der Waals surface area contributed by atoms with Gasteiger partial charge in [-0.1, -0.05) is 13.0 Å². The minimum atomic E-state index is 0.459. The van der Waals surface area contributed by atoms with Crippen molar-refractivity contribution in [3.8, 4) is 0 Å². The third-order valence-corrected chi connectivity index (χ3v) is 3.31. The summed E-state index contributed by atoms with van der Waals surface area (Å²) >= 11 is 0. The molecule has 0 saturated carbocycles. The Labute approximate surface area is 115 Å². The van der Waals surface area contributed by atoms with Gasteiger partial charge in [0.15, 0.2) is 5.82 Å². The maximum Gasteiger partial charge on any atom is 0.152 e. The van der Waals surface area contributed by atoms with E-state index in [0.717, 1.165) is 31.0 Å². The quantitative estimate of drug-likeness (QED) is 0.866. The Morgan fingerprint density at radius 3 is 2.79 bits per heavy atom. The predicted octanol–water partition coefficient (Wildman–Crippen LogP) is 2.68. The van der Waals surface area contributed by atoms with Crippen LogP contribution in [0.5, 0.6) is 0 Å². The standard InChI is InChI=1S/C15H24N4/c1-5-9-18(12(2)3)15-13(11-16-4)19-10-7-6-8-14(19)17-15/h6-8,10,12,16H,5,9,11H2,1-4H3. The number of hydrogen-bond donors (Lipinski definition) is 1. The monoisotopic (exact) mass is 260 g/mol. The molecule has 0 fully saturated rings. The molecule has 2 rings (SSSR count). The third kappa shape index (κ3) is 2.73. The lowest BCUT2D eigenvalue weighted by Gasteiger charge is -2.27. The molecule has 2 aromatic heterocycles. The summed E-state index contributed by atoms with van der Waals surface area (Å²) in [4.78, 5) is 7.21. The second-order valence-electron chi connectivity index (χ2n) is 5.13. The first-order valence-corrected chi connectivity index (χ1v) is 7.06. The van der Waals surface area contributed by atoms with Crippen LogP contribution in [0, 0.1) is 0 Å². The highest BCUT2D eigenvalue weighted by Crippen LogP contribution is 2.23. The summed E-state index contributed by atoms with van der Waals surface area (Å²) < 4.78 is 2.18. The van der Waals surface area contributed by atoms with E-state index in [4.69, 9.17) is 4.98 Å². The van der Waals surface area contributed by atoms with Crippen LogP contribution in [0.25, 0.3) is 5.65 Å². The number of aromatic nitrogens is 2. The molecule has 0 spiro atoms. The number of hydrogen-bond acceptors (Lipinski definition) is 3. The summed E-state index contributed by atoms with van der Waals surface area (Å²) in [6, 6.07) is 6.61. The second kappa shape index (κ2) is 6.06. The van der Waals surface area contributed by atoms with Crippen LogP contribution >= 0.6 is 0 Å². The molecule has 0 aliphatic heterocycles. The van der Waals surface area contributed by atoms with Gasteiger partial charge in [0.2, 0.25) is 0 Å². The summed E-state index contributed by atoms with van der Waals surface area (Å²) in [5.74, 6) is 1.11. The van der Waals surface area contributed by atoms with Gasteiger partial charge in [-0.05, 0) is 39.4 Å². The Bertz CT molecular complexity index is 530. The molecule has 0 atom stereocenters. The Morgan fingerprint density at radius 2 is 2.16 bits per heavy atom. The van der Waals surface area contributed by atoms with E-state index in [1.54, 1.807) is 0 Å². The number of imidazole rings is 1. The molecule has 19 heavy (non-hydrogen) atoms. The smallest absolute Gasteiger partial charge is 0.152 e. The molecule has 4 heteroatoms. The normalized spacial score (nSPS) is 11.4. The van der Waals surface area contributed by atoms with E-state index in [-0.39, 0.29) is 0 Å². The van der Waals surface area contributed by atoms with Crippen molar-refractivity contribution < 1.29 is 0 Å². The van der Waals surface area contributed by atoms with Crippen LogP contribution in [0.4, 0.5) is 5.82 Å². The lowest BCUT2D eigenvalue weighted by Crippen LogP contribution is -2.33. The summed E-state index contributed by atoms with van der Waals surface area (Å²) in [5.41, 5.74) is 2.25. The van der Waals surface area contributed by atoms with Crippen LogP contribution < -0.4 is 10.2 Å². The van der Waals surface area contributed by atoms with Gasteiger partial charge in [0.1, 0.15) is 5.65 Å². The highest BCUT2D eigenvalue weighted by Gasteiger charge is 2.19. The van der Waals surface area contributed by atoms with E-state index in [9.17, 15) is 0 Å². The molecule has 0 aliphatic rings.